The van der Waals surface area contributed by atoms with E-state index < -0.39 is 0 Å². The Kier molecular flexibility index (Phi) is 3.94. The lowest BCUT2D eigenvalue weighted by molar-refractivity contribution is 0.0688. The number of hydrogen-bond donors (Lipinski definition) is 2. The molecule has 0 spiro atoms. The molecule has 1 fully saturated rings. The topological polar surface area (TPSA) is 82.0 Å². The van der Waals surface area contributed by atoms with Gasteiger partial charge in [0.2, 0.25) is 5.88 Å². The van der Waals surface area contributed by atoms with Gasteiger partial charge in [-0.3, -0.25) is 4.99 Å². The highest BCUT2D eigenvalue weighted by Crippen LogP contribution is 2.39. The number of hydrogen-bond acceptors (Lipinski definition) is 5. The highest BCUT2D eigenvalue weighted by atomic mass is 16.5. The summed E-state index contributed by atoms with van der Waals surface area (Å²) in [7, 11) is 0. The first kappa shape index (κ1) is 15.5. The smallest absolute Gasteiger partial charge is 0.201 e. The summed E-state index contributed by atoms with van der Waals surface area (Å²) in [5.74, 6) is 0.263. The van der Waals surface area contributed by atoms with E-state index in [1.807, 2.05) is 29.7 Å². The zero-order chi connectivity index (χ0) is 16.7. The molecule has 1 atom stereocenters. The van der Waals surface area contributed by atoms with Gasteiger partial charge in [-0.2, -0.15) is 0 Å². The number of fused-ring (bicyclic) bond motifs is 1. The van der Waals surface area contributed by atoms with Gasteiger partial charge in [0.1, 0.15) is 0 Å². The Balaban J connectivity index is 1.92. The first-order chi connectivity index (χ1) is 11.6. The maximum absolute atomic E-state index is 11.0. The molecule has 3 heterocycles. The van der Waals surface area contributed by atoms with E-state index in [0.29, 0.717) is 18.9 Å². The first-order valence-corrected chi connectivity index (χ1v) is 8.50. The molecule has 0 radical (unpaired) electrons. The van der Waals surface area contributed by atoms with Crippen molar-refractivity contribution in [1.82, 2.24) is 4.57 Å². The second-order valence-corrected chi connectivity index (χ2v) is 6.63. The number of nitrogens with zero attached hydrogens (tertiary/aromatic N) is 2. The minimum atomic E-state index is 0.0932. The molecule has 24 heavy (non-hydrogen) atoms. The normalized spacial score (nSPS) is 22.7. The molecular weight excluding hydrogens is 306 g/mol. The summed E-state index contributed by atoms with van der Waals surface area (Å²) in [6, 6.07) is 6.10. The average Bonchev–Trinajstić information content (AvgIpc) is 2.86. The molecule has 0 saturated carbocycles. The molecule has 1 unspecified atom stereocenters. The van der Waals surface area contributed by atoms with Gasteiger partial charge < -0.3 is 24.9 Å². The van der Waals surface area contributed by atoms with Crippen LogP contribution in [-0.2, 0) is 9.47 Å². The van der Waals surface area contributed by atoms with Crippen LogP contribution < -0.4 is 5.73 Å². The Bertz CT molecular complexity index is 790. The van der Waals surface area contributed by atoms with Crippen LogP contribution in [0.2, 0.25) is 0 Å². The monoisotopic (exact) mass is 329 g/mol. The highest BCUT2D eigenvalue weighted by molar-refractivity contribution is 6.14. The van der Waals surface area contributed by atoms with Gasteiger partial charge >= 0.3 is 0 Å². The lowest BCUT2D eigenvalue weighted by Crippen LogP contribution is -2.24. The van der Waals surface area contributed by atoms with E-state index in [0.717, 1.165) is 48.2 Å². The van der Waals surface area contributed by atoms with Crippen molar-refractivity contribution in [1.29, 1.82) is 0 Å². The molecule has 2 aromatic rings. The predicted octanol–water partition coefficient (Wildman–Crippen LogP) is 2.49. The maximum Gasteiger partial charge on any atom is 0.201 e. The number of ether oxygens (including phenoxy) is 2. The summed E-state index contributed by atoms with van der Waals surface area (Å²) in [4.78, 5) is 4.70. The second kappa shape index (κ2) is 6.11. The molecule has 4 rings (SSSR count). The van der Waals surface area contributed by atoms with Crippen molar-refractivity contribution in [3.05, 3.63) is 23.8 Å². The molecular formula is C18H23N3O3. The van der Waals surface area contributed by atoms with Gasteiger partial charge in [0.15, 0.2) is 0 Å². The standard InChI is InChI=1S/C18H23N3O3/c1-11-9-24-10-15(20-11)17-14-8-12(19)2-3-16(14)21(18(17)22)13-4-6-23-7-5-13/h2-3,8,11,13,22H,4-7,9-10,19H2,1H3. The van der Waals surface area contributed by atoms with Gasteiger partial charge in [0.05, 0.1) is 36.0 Å². The van der Waals surface area contributed by atoms with E-state index in [4.69, 9.17) is 20.2 Å². The molecule has 1 aromatic heterocycles. The van der Waals surface area contributed by atoms with E-state index >= 15 is 0 Å². The number of nitrogens with two attached hydrogens (primary N) is 1. The van der Waals surface area contributed by atoms with Gasteiger partial charge in [-0.1, -0.05) is 0 Å². The van der Waals surface area contributed by atoms with Crippen LogP contribution in [-0.4, -0.2) is 47.9 Å². The quantitative estimate of drug-likeness (QED) is 0.829. The second-order valence-electron chi connectivity index (χ2n) is 6.63. The van der Waals surface area contributed by atoms with Gasteiger partial charge in [-0.15, -0.1) is 0 Å². The molecule has 6 nitrogen and oxygen atoms in total. The number of rotatable bonds is 2. The van der Waals surface area contributed by atoms with Crippen LogP contribution in [0.1, 0.15) is 31.4 Å². The fourth-order valence-electron chi connectivity index (χ4n) is 3.72. The Morgan fingerprint density at radius 2 is 2.04 bits per heavy atom. The van der Waals surface area contributed by atoms with Crippen molar-refractivity contribution in [2.45, 2.75) is 31.8 Å². The fraction of sp³-hybridized carbons (Fsp3) is 0.500. The fourth-order valence-corrected chi connectivity index (χ4v) is 3.72. The summed E-state index contributed by atoms with van der Waals surface area (Å²) < 4.78 is 13.1. The zero-order valence-corrected chi connectivity index (χ0v) is 13.9. The average molecular weight is 329 g/mol. The molecule has 0 aliphatic carbocycles. The van der Waals surface area contributed by atoms with Gasteiger partial charge in [0.25, 0.3) is 0 Å². The van der Waals surface area contributed by atoms with Crippen molar-refractivity contribution in [2.24, 2.45) is 4.99 Å². The number of aliphatic imine (C=N–C) groups is 1. The van der Waals surface area contributed by atoms with Crippen molar-refractivity contribution in [3.63, 3.8) is 0 Å². The number of aromatic hydroxyl groups is 1. The van der Waals surface area contributed by atoms with Crippen LogP contribution in [0.3, 0.4) is 0 Å². The lowest BCUT2D eigenvalue weighted by atomic mass is 10.1. The highest BCUT2D eigenvalue weighted by Gasteiger charge is 2.28. The summed E-state index contributed by atoms with van der Waals surface area (Å²) in [6.07, 6.45) is 1.78. The van der Waals surface area contributed by atoms with E-state index in [1.54, 1.807) is 0 Å². The molecule has 1 saturated heterocycles. The van der Waals surface area contributed by atoms with Crippen LogP contribution in [0.25, 0.3) is 10.9 Å². The molecule has 1 aromatic carbocycles. The van der Waals surface area contributed by atoms with Crippen LogP contribution in [0.4, 0.5) is 5.69 Å². The molecule has 3 N–H and O–H groups in total. The third-order valence-electron chi connectivity index (χ3n) is 4.82. The molecule has 6 heteroatoms. The van der Waals surface area contributed by atoms with E-state index in [2.05, 4.69) is 0 Å². The van der Waals surface area contributed by atoms with Crippen LogP contribution in [0.5, 0.6) is 5.88 Å². The zero-order valence-electron chi connectivity index (χ0n) is 13.9. The largest absolute Gasteiger partial charge is 0.494 e. The maximum atomic E-state index is 11.0. The van der Waals surface area contributed by atoms with Crippen LogP contribution in [0.15, 0.2) is 23.2 Å². The number of benzene rings is 1. The lowest BCUT2D eigenvalue weighted by Gasteiger charge is -2.25. The summed E-state index contributed by atoms with van der Waals surface area (Å²) in [6.45, 7) is 4.48. The van der Waals surface area contributed by atoms with Crippen molar-refractivity contribution in [3.8, 4) is 5.88 Å². The Hall–Kier alpha value is -2.05. The predicted molar refractivity (Wildman–Crippen MR) is 93.9 cm³/mol. The molecule has 2 aliphatic rings. The van der Waals surface area contributed by atoms with E-state index in [1.165, 1.54) is 0 Å². The Labute approximate surface area is 140 Å². The van der Waals surface area contributed by atoms with Crippen molar-refractivity contribution in [2.75, 3.05) is 32.2 Å². The minimum absolute atomic E-state index is 0.0932. The SMILES string of the molecule is CC1COCC(c2c(O)n(C3CCOCC3)c3ccc(N)cc23)=N1. The molecule has 0 amide bonds. The molecule has 128 valence electrons. The Morgan fingerprint density at radius 3 is 2.79 bits per heavy atom. The van der Waals surface area contributed by atoms with Gasteiger partial charge in [0, 0.05) is 30.3 Å². The third-order valence-corrected chi connectivity index (χ3v) is 4.82. The van der Waals surface area contributed by atoms with Crippen LogP contribution >= 0.6 is 0 Å². The van der Waals surface area contributed by atoms with Crippen molar-refractivity contribution >= 4 is 22.3 Å². The van der Waals surface area contributed by atoms with E-state index in [-0.39, 0.29) is 18.0 Å². The van der Waals surface area contributed by atoms with Crippen molar-refractivity contribution < 1.29 is 14.6 Å². The Morgan fingerprint density at radius 1 is 1.25 bits per heavy atom. The third kappa shape index (κ3) is 2.56. The number of nitrogen functional groups attached to an aromatic ring is 1. The number of aromatic nitrogens is 1. The van der Waals surface area contributed by atoms with Crippen LogP contribution in [0, 0.1) is 0 Å². The first-order valence-electron chi connectivity index (χ1n) is 8.50. The van der Waals surface area contributed by atoms with E-state index in [9.17, 15) is 5.11 Å². The van der Waals surface area contributed by atoms with Gasteiger partial charge in [-0.25, -0.2) is 0 Å². The molecule has 0 bridgehead atoms. The summed E-state index contributed by atoms with van der Waals surface area (Å²) in [5, 5.41) is 12.0. The summed E-state index contributed by atoms with van der Waals surface area (Å²) >= 11 is 0. The number of anilines is 1. The van der Waals surface area contributed by atoms with Gasteiger partial charge in [-0.05, 0) is 38.0 Å². The minimum Gasteiger partial charge on any atom is -0.494 e. The summed E-state index contributed by atoms with van der Waals surface area (Å²) in [5.41, 5.74) is 9.23. The molecule has 2 aliphatic heterocycles.